The van der Waals surface area contributed by atoms with Gasteiger partial charge in [-0.2, -0.15) is 0 Å². The van der Waals surface area contributed by atoms with Gasteiger partial charge in [0.1, 0.15) is 0 Å². The number of nitrogens with one attached hydrogen (secondary N) is 1. The summed E-state index contributed by atoms with van der Waals surface area (Å²) < 4.78 is 0. The standard InChI is InChI=1S/C15H12Cl2N4O/c16-11-2-1-3-12(17)13(11)20-15-19-8-9-21(15)14(22)10-4-6-18-7-5-10/h1-7H,8-9H2,(H,19,20). The Bertz CT molecular complexity index is 713. The average molecular weight is 335 g/mol. The first-order chi connectivity index (χ1) is 10.7. The number of benzene rings is 1. The molecule has 0 bridgehead atoms. The second kappa shape index (κ2) is 6.34. The number of aromatic nitrogens is 1. The quantitative estimate of drug-likeness (QED) is 0.916. The van der Waals surface area contributed by atoms with E-state index in [0.29, 0.717) is 40.3 Å². The van der Waals surface area contributed by atoms with Crippen molar-refractivity contribution in [2.75, 3.05) is 18.4 Å². The fourth-order valence-corrected chi connectivity index (χ4v) is 2.62. The van der Waals surface area contributed by atoms with E-state index in [-0.39, 0.29) is 5.91 Å². The highest BCUT2D eigenvalue weighted by atomic mass is 35.5. The minimum Gasteiger partial charge on any atom is -0.323 e. The molecule has 1 aromatic carbocycles. The molecular weight excluding hydrogens is 323 g/mol. The molecule has 0 atom stereocenters. The van der Waals surface area contributed by atoms with E-state index in [1.54, 1.807) is 47.6 Å². The lowest BCUT2D eigenvalue weighted by atomic mass is 10.2. The molecule has 22 heavy (non-hydrogen) atoms. The van der Waals surface area contributed by atoms with Gasteiger partial charge in [0.15, 0.2) is 0 Å². The highest BCUT2D eigenvalue weighted by Gasteiger charge is 2.25. The zero-order valence-electron chi connectivity index (χ0n) is 11.5. The number of hydrogen-bond acceptors (Lipinski definition) is 4. The number of aliphatic imine (C=N–C) groups is 1. The van der Waals surface area contributed by atoms with Gasteiger partial charge in [-0.05, 0) is 24.3 Å². The Balaban J connectivity index is 1.84. The van der Waals surface area contributed by atoms with Crippen LogP contribution in [-0.2, 0) is 0 Å². The molecule has 1 aromatic heterocycles. The molecule has 0 aliphatic carbocycles. The smallest absolute Gasteiger partial charge is 0.260 e. The molecule has 0 unspecified atom stereocenters. The summed E-state index contributed by atoms with van der Waals surface area (Å²) in [4.78, 5) is 22.3. The molecule has 7 heteroatoms. The van der Waals surface area contributed by atoms with Crippen molar-refractivity contribution in [2.24, 2.45) is 4.99 Å². The monoisotopic (exact) mass is 334 g/mol. The molecule has 2 aromatic rings. The Morgan fingerprint density at radius 3 is 2.50 bits per heavy atom. The number of carbonyl (C=O) groups is 1. The Kier molecular flexibility index (Phi) is 4.27. The molecule has 0 saturated carbocycles. The van der Waals surface area contributed by atoms with Gasteiger partial charge in [-0.15, -0.1) is 0 Å². The van der Waals surface area contributed by atoms with Crippen molar-refractivity contribution < 1.29 is 4.79 Å². The van der Waals surface area contributed by atoms with Crippen molar-refractivity contribution in [3.8, 4) is 0 Å². The van der Waals surface area contributed by atoms with E-state index in [1.807, 2.05) is 0 Å². The number of hydrogen-bond donors (Lipinski definition) is 1. The number of rotatable bonds is 2. The van der Waals surface area contributed by atoms with Crippen LogP contribution in [0.1, 0.15) is 10.4 Å². The first-order valence-electron chi connectivity index (χ1n) is 6.64. The van der Waals surface area contributed by atoms with Gasteiger partial charge in [0.2, 0.25) is 5.96 Å². The number of para-hydroxylation sites is 1. The number of halogens is 2. The summed E-state index contributed by atoms with van der Waals surface area (Å²) >= 11 is 12.3. The topological polar surface area (TPSA) is 57.6 Å². The summed E-state index contributed by atoms with van der Waals surface area (Å²) in [6.07, 6.45) is 3.16. The Morgan fingerprint density at radius 1 is 1.14 bits per heavy atom. The van der Waals surface area contributed by atoms with E-state index in [0.717, 1.165) is 0 Å². The predicted octanol–water partition coefficient (Wildman–Crippen LogP) is 3.31. The van der Waals surface area contributed by atoms with Gasteiger partial charge in [-0.3, -0.25) is 19.7 Å². The van der Waals surface area contributed by atoms with Crippen LogP contribution >= 0.6 is 23.2 Å². The zero-order valence-corrected chi connectivity index (χ0v) is 13.0. The van der Waals surface area contributed by atoms with Crippen LogP contribution in [0.25, 0.3) is 0 Å². The van der Waals surface area contributed by atoms with Crippen LogP contribution in [0.2, 0.25) is 10.0 Å². The van der Waals surface area contributed by atoms with Gasteiger partial charge in [0.25, 0.3) is 5.91 Å². The number of anilines is 1. The molecular formula is C15H12Cl2N4O. The highest BCUT2D eigenvalue weighted by molar-refractivity contribution is 6.40. The maximum Gasteiger partial charge on any atom is 0.260 e. The predicted molar refractivity (Wildman–Crippen MR) is 87.7 cm³/mol. The van der Waals surface area contributed by atoms with Crippen LogP contribution in [0, 0.1) is 0 Å². The fraction of sp³-hybridized carbons (Fsp3) is 0.133. The van der Waals surface area contributed by atoms with Crippen LogP contribution < -0.4 is 5.32 Å². The lowest BCUT2D eigenvalue weighted by molar-refractivity contribution is 0.0857. The third kappa shape index (κ3) is 2.91. The van der Waals surface area contributed by atoms with Crippen LogP contribution in [0.15, 0.2) is 47.7 Å². The van der Waals surface area contributed by atoms with E-state index in [2.05, 4.69) is 15.3 Å². The minimum absolute atomic E-state index is 0.144. The molecule has 1 amide bonds. The third-order valence-electron chi connectivity index (χ3n) is 3.21. The van der Waals surface area contributed by atoms with Gasteiger partial charge < -0.3 is 5.32 Å². The molecule has 0 fully saturated rings. The van der Waals surface area contributed by atoms with Crippen molar-refractivity contribution in [1.82, 2.24) is 9.88 Å². The van der Waals surface area contributed by atoms with E-state index < -0.39 is 0 Å². The Labute approximate surface area is 137 Å². The van der Waals surface area contributed by atoms with E-state index in [1.165, 1.54) is 0 Å². The summed E-state index contributed by atoms with van der Waals surface area (Å²) in [6.45, 7) is 1.03. The largest absolute Gasteiger partial charge is 0.323 e. The van der Waals surface area contributed by atoms with Crippen LogP contribution in [-0.4, -0.2) is 34.8 Å². The van der Waals surface area contributed by atoms with E-state index in [9.17, 15) is 4.79 Å². The highest BCUT2D eigenvalue weighted by Crippen LogP contribution is 2.30. The molecule has 1 aliphatic rings. The number of pyridine rings is 1. The van der Waals surface area contributed by atoms with Gasteiger partial charge in [0, 0.05) is 24.5 Å². The van der Waals surface area contributed by atoms with Crippen molar-refractivity contribution in [1.29, 1.82) is 0 Å². The second-order valence-corrected chi connectivity index (χ2v) is 5.43. The molecule has 0 saturated heterocycles. The molecule has 2 heterocycles. The van der Waals surface area contributed by atoms with Crippen LogP contribution in [0.3, 0.4) is 0 Å². The third-order valence-corrected chi connectivity index (χ3v) is 3.84. The lowest BCUT2D eigenvalue weighted by Crippen LogP contribution is -2.38. The van der Waals surface area contributed by atoms with Crippen molar-refractivity contribution in [3.05, 3.63) is 58.3 Å². The minimum atomic E-state index is -0.144. The molecule has 5 nitrogen and oxygen atoms in total. The summed E-state index contributed by atoms with van der Waals surface area (Å²) in [5.41, 5.74) is 1.09. The lowest BCUT2D eigenvalue weighted by Gasteiger charge is -2.20. The number of guanidine groups is 1. The summed E-state index contributed by atoms with van der Waals surface area (Å²) in [7, 11) is 0. The zero-order chi connectivity index (χ0) is 15.5. The van der Waals surface area contributed by atoms with Crippen molar-refractivity contribution in [3.63, 3.8) is 0 Å². The summed E-state index contributed by atoms with van der Waals surface area (Å²) in [5, 5.41) is 4.00. The number of amides is 1. The van der Waals surface area contributed by atoms with Gasteiger partial charge >= 0.3 is 0 Å². The van der Waals surface area contributed by atoms with E-state index in [4.69, 9.17) is 23.2 Å². The Morgan fingerprint density at radius 2 is 1.82 bits per heavy atom. The van der Waals surface area contributed by atoms with Crippen LogP contribution in [0.5, 0.6) is 0 Å². The number of nitrogens with zero attached hydrogens (tertiary/aromatic N) is 3. The molecule has 1 aliphatic heterocycles. The average Bonchev–Trinajstić information content (AvgIpc) is 2.99. The fourth-order valence-electron chi connectivity index (χ4n) is 2.13. The molecule has 1 N–H and O–H groups in total. The van der Waals surface area contributed by atoms with Crippen molar-refractivity contribution >= 4 is 40.8 Å². The maximum atomic E-state index is 12.5. The summed E-state index contributed by atoms with van der Waals surface area (Å²) in [5.74, 6) is 0.297. The van der Waals surface area contributed by atoms with Gasteiger partial charge in [-0.1, -0.05) is 29.3 Å². The first-order valence-corrected chi connectivity index (χ1v) is 7.40. The molecule has 0 spiro atoms. The molecule has 0 radical (unpaired) electrons. The molecule has 3 rings (SSSR count). The Hall–Kier alpha value is -2.11. The van der Waals surface area contributed by atoms with Crippen molar-refractivity contribution in [2.45, 2.75) is 0 Å². The number of carbonyl (C=O) groups excluding carboxylic acids is 1. The van der Waals surface area contributed by atoms with Crippen LogP contribution in [0.4, 0.5) is 5.69 Å². The van der Waals surface area contributed by atoms with E-state index >= 15 is 0 Å². The first kappa shape index (κ1) is 14.8. The summed E-state index contributed by atoms with van der Waals surface area (Å²) in [6, 6.07) is 8.54. The molecule has 112 valence electrons. The SMILES string of the molecule is O=C(c1ccncc1)N1CCN=C1Nc1c(Cl)cccc1Cl. The normalized spacial score (nSPS) is 13.9. The maximum absolute atomic E-state index is 12.5. The second-order valence-electron chi connectivity index (χ2n) is 4.62. The van der Waals surface area contributed by atoms with Gasteiger partial charge in [-0.25, -0.2) is 0 Å². The van der Waals surface area contributed by atoms with Gasteiger partial charge in [0.05, 0.1) is 22.3 Å².